The van der Waals surface area contributed by atoms with E-state index >= 15 is 0 Å². The average molecular weight is 265 g/mol. The molecule has 1 fully saturated rings. The maximum Gasteiger partial charge on any atom is 0.176 e. The Morgan fingerprint density at radius 3 is 2.95 bits per heavy atom. The number of carbonyl (C=O) groups is 1. The Kier molecular flexibility index (Phi) is 4.53. The van der Waals surface area contributed by atoms with Crippen LogP contribution in [0.3, 0.4) is 0 Å². The molecule has 1 atom stereocenters. The van der Waals surface area contributed by atoms with Crippen molar-refractivity contribution in [3.8, 4) is 5.75 Å². The summed E-state index contributed by atoms with van der Waals surface area (Å²) in [6.45, 7) is 3.48. The van der Waals surface area contributed by atoms with Crippen LogP contribution in [0.5, 0.6) is 5.75 Å². The van der Waals surface area contributed by atoms with Crippen LogP contribution in [0.25, 0.3) is 0 Å². The van der Waals surface area contributed by atoms with Crippen LogP contribution in [-0.2, 0) is 0 Å². The lowest BCUT2D eigenvalue weighted by Crippen LogP contribution is -2.33. The van der Waals surface area contributed by atoms with E-state index in [2.05, 4.69) is 11.8 Å². The number of likely N-dealkylation sites (tertiary alicyclic amines) is 1. The number of benzene rings is 1. The van der Waals surface area contributed by atoms with E-state index < -0.39 is 5.82 Å². The van der Waals surface area contributed by atoms with Crippen molar-refractivity contribution in [1.29, 1.82) is 0 Å². The van der Waals surface area contributed by atoms with E-state index in [1.807, 2.05) is 0 Å². The predicted molar refractivity (Wildman–Crippen MR) is 72.2 cm³/mol. The molecule has 1 aliphatic heterocycles. The Morgan fingerprint density at radius 2 is 2.32 bits per heavy atom. The third-order valence-electron chi connectivity index (χ3n) is 3.79. The van der Waals surface area contributed by atoms with Crippen molar-refractivity contribution in [3.63, 3.8) is 0 Å². The number of ether oxygens (including phenoxy) is 1. The normalized spacial score (nSPS) is 19.6. The van der Waals surface area contributed by atoms with Gasteiger partial charge in [0, 0.05) is 11.6 Å². The maximum atomic E-state index is 13.6. The van der Waals surface area contributed by atoms with E-state index in [0.29, 0.717) is 18.2 Å². The summed E-state index contributed by atoms with van der Waals surface area (Å²) < 4.78 is 18.4. The monoisotopic (exact) mass is 265 g/mol. The number of rotatable bonds is 5. The first-order valence-corrected chi connectivity index (χ1v) is 6.76. The molecule has 0 saturated carbocycles. The van der Waals surface area contributed by atoms with E-state index in [4.69, 9.17) is 4.74 Å². The number of carbonyl (C=O) groups excluding carboxylic acids is 1. The molecule has 1 heterocycles. The van der Waals surface area contributed by atoms with E-state index in [1.165, 1.54) is 19.2 Å². The van der Waals surface area contributed by atoms with Crippen LogP contribution < -0.4 is 4.74 Å². The molecule has 1 aromatic rings. The molecule has 0 N–H and O–H groups in total. The molecule has 0 aromatic heterocycles. The zero-order chi connectivity index (χ0) is 13.8. The molecule has 1 aliphatic rings. The highest BCUT2D eigenvalue weighted by Crippen LogP contribution is 2.22. The van der Waals surface area contributed by atoms with Crippen molar-refractivity contribution in [2.75, 3.05) is 20.2 Å². The Hall–Kier alpha value is -1.42. The summed E-state index contributed by atoms with van der Waals surface area (Å²) >= 11 is 0. The van der Waals surface area contributed by atoms with Crippen LogP contribution in [-0.4, -0.2) is 36.9 Å². The van der Waals surface area contributed by atoms with Crippen LogP contribution in [0, 0.1) is 5.82 Å². The predicted octanol–water partition coefficient (Wildman–Crippen LogP) is 2.89. The lowest BCUT2D eigenvalue weighted by molar-refractivity contribution is 0.0919. The fourth-order valence-corrected chi connectivity index (χ4v) is 2.68. The van der Waals surface area contributed by atoms with E-state index in [0.717, 1.165) is 25.8 Å². The summed E-state index contributed by atoms with van der Waals surface area (Å²) in [4.78, 5) is 14.4. The topological polar surface area (TPSA) is 29.5 Å². The Balaban J connectivity index is 2.05. The number of methoxy groups -OCH3 is 1. The minimum absolute atomic E-state index is 0.0260. The summed E-state index contributed by atoms with van der Waals surface area (Å²) in [6, 6.07) is 4.88. The van der Waals surface area contributed by atoms with Gasteiger partial charge in [-0.25, -0.2) is 4.39 Å². The average Bonchev–Trinajstić information content (AvgIpc) is 2.85. The Bertz CT molecular complexity index is 461. The molecule has 0 radical (unpaired) electrons. The van der Waals surface area contributed by atoms with Gasteiger partial charge < -0.3 is 4.74 Å². The van der Waals surface area contributed by atoms with Gasteiger partial charge in [0.25, 0.3) is 0 Å². The van der Waals surface area contributed by atoms with Crippen LogP contribution in [0.15, 0.2) is 18.2 Å². The number of nitrogens with zero attached hydrogens (tertiary/aromatic N) is 1. The van der Waals surface area contributed by atoms with Crippen molar-refractivity contribution < 1.29 is 13.9 Å². The van der Waals surface area contributed by atoms with Gasteiger partial charge in [0.15, 0.2) is 17.3 Å². The highest BCUT2D eigenvalue weighted by molar-refractivity contribution is 5.97. The second-order valence-corrected chi connectivity index (χ2v) is 4.95. The van der Waals surface area contributed by atoms with Gasteiger partial charge in [0.05, 0.1) is 13.7 Å². The van der Waals surface area contributed by atoms with Crippen LogP contribution in [0.4, 0.5) is 4.39 Å². The van der Waals surface area contributed by atoms with Gasteiger partial charge in [-0.05, 0) is 44.0 Å². The summed E-state index contributed by atoms with van der Waals surface area (Å²) in [5.41, 5.74) is 0.417. The summed E-state index contributed by atoms with van der Waals surface area (Å²) in [7, 11) is 1.41. The third kappa shape index (κ3) is 3.13. The number of hydrogen-bond acceptors (Lipinski definition) is 3. The van der Waals surface area contributed by atoms with Gasteiger partial charge in [-0.2, -0.15) is 0 Å². The molecule has 4 heteroatoms. The second-order valence-electron chi connectivity index (χ2n) is 4.95. The zero-order valence-electron chi connectivity index (χ0n) is 11.5. The van der Waals surface area contributed by atoms with Crippen LogP contribution in [0.2, 0.25) is 0 Å². The SMILES string of the molecule is CCC1CCCN1CC(=O)c1ccc(OC)c(F)c1. The molecule has 1 saturated heterocycles. The van der Waals surface area contributed by atoms with E-state index in [1.54, 1.807) is 6.07 Å². The highest BCUT2D eigenvalue weighted by atomic mass is 19.1. The minimum atomic E-state index is -0.484. The molecule has 104 valence electrons. The van der Waals surface area contributed by atoms with Crippen molar-refractivity contribution in [2.45, 2.75) is 32.2 Å². The van der Waals surface area contributed by atoms with Gasteiger partial charge >= 0.3 is 0 Å². The first-order valence-electron chi connectivity index (χ1n) is 6.76. The molecule has 0 aliphatic carbocycles. The summed E-state index contributed by atoms with van der Waals surface area (Å²) in [5.74, 6) is -0.340. The molecular formula is C15H20FNO2. The lowest BCUT2D eigenvalue weighted by Gasteiger charge is -2.22. The van der Waals surface area contributed by atoms with Gasteiger partial charge in [0.1, 0.15) is 0 Å². The number of halogens is 1. The third-order valence-corrected chi connectivity index (χ3v) is 3.79. The van der Waals surface area contributed by atoms with Gasteiger partial charge in [-0.3, -0.25) is 9.69 Å². The van der Waals surface area contributed by atoms with Crippen molar-refractivity contribution in [1.82, 2.24) is 4.90 Å². The quantitative estimate of drug-likeness (QED) is 0.767. The smallest absolute Gasteiger partial charge is 0.176 e. The van der Waals surface area contributed by atoms with E-state index in [-0.39, 0.29) is 11.5 Å². The summed E-state index contributed by atoms with van der Waals surface area (Å²) in [6.07, 6.45) is 3.35. The molecule has 1 unspecified atom stereocenters. The highest BCUT2D eigenvalue weighted by Gasteiger charge is 2.25. The fraction of sp³-hybridized carbons (Fsp3) is 0.533. The van der Waals surface area contributed by atoms with Crippen LogP contribution >= 0.6 is 0 Å². The summed E-state index contributed by atoms with van der Waals surface area (Å²) in [5, 5.41) is 0. The first-order chi connectivity index (χ1) is 9.15. The van der Waals surface area contributed by atoms with Gasteiger partial charge in [0.2, 0.25) is 0 Å². The largest absolute Gasteiger partial charge is 0.494 e. The molecule has 0 bridgehead atoms. The standard InChI is InChI=1S/C15H20FNO2/c1-3-12-5-4-8-17(12)10-14(18)11-6-7-15(19-2)13(16)9-11/h6-7,9,12H,3-5,8,10H2,1-2H3. The second kappa shape index (κ2) is 6.15. The Morgan fingerprint density at radius 1 is 1.53 bits per heavy atom. The lowest BCUT2D eigenvalue weighted by atomic mass is 10.1. The maximum absolute atomic E-state index is 13.6. The molecular weight excluding hydrogens is 245 g/mol. The molecule has 0 spiro atoms. The number of hydrogen-bond donors (Lipinski definition) is 0. The number of ketones is 1. The van der Waals surface area contributed by atoms with Crippen LogP contribution in [0.1, 0.15) is 36.5 Å². The molecule has 1 aromatic carbocycles. The minimum Gasteiger partial charge on any atom is -0.494 e. The zero-order valence-corrected chi connectivity index (χ0v) is 11.5. The Labute approximate surface area is 113 Å². The number of Topliss-reactive ketones (excluding diaryl/α,β-unsaturated/α-hetero) is 1. The van der Waals surface area contributed by atoms with Crippen molar-refractivity contribution in [2.24, 2.45) is 0 Å². The molecule has 0 amide bonds. The molecule has 3 nitrogen and oxygen atoms in total. The van der Waals surface area contributed by atoms with E-state index in [9.17, 15) is 9.18 Å². The first kappa shape index (κ1) is 14.0. The van der Waals surface area contributed by atoms with Crippen molar-refractivity contribution in [3.05, 3.63) is 29.6 Å². The van der Waals surface area contributed by atoms with Gasteiger partial charge in [-0.15, -0.1) is 0 Å². The molecule has 19 heavy (non-hydrogen) atoms. The molecule has 2 rings (SSSR count). The van der Waals surface area contributed by atoms with Crippen molar-refractivity contribution >= 4 is 5.78 Å². The van der Waals surface area contributed by atoms with Gasteiger partial charge in [-0.1, -0.05) is 6.92 Å². The fourth-order valence-electron chi connectivity index (χ4n) is 2.68.